The van der Waals surface area contributed by atoms with Crippen LogP contribution in [0.2, 0.25) is 0 Å². The van der Waals surface area contributed by atoms with Gasteiger partial charge < -0.3 is 15.1 Å². The Hall–Kier alpha value is -3.44. The first kappa shape index (κ1) is 19.3. The first-order chi connectivity index (χ1) is 15.5. The average Bonchev–Trinajstić information content (AvgIpc) is 2.74. The second kappa shape index (κ2) is 7.04. The minimum atomic E-state index is -0.237. The molecule has 1 N–H and O–H groups in total. The Morgan fingerprint density at radius 3 is 2.47 bits per heavy atom. The molecule has 3 heterocycles. The summed E-state index contributed by atoms with van der Waals surface area (Å²) in [5, 5.41) is 13.4. The van der Waals surface area contributed by atoms with Crippen LogP contribution in [0.15, 0.2) is 41.3 Å². The average molecular weight is 428 g/mol. The molecule has 1 aromatic carbocycles. The van der Waals surface area contributed by atoms with E-state index in [4.69, 9.17) is 4.98 Å². The van der Waals surface area contributed by atoms with E-state index in [9.17, 15) is 10.1 Å². The zero-order chi connectivity index (χ0) is 21.9. The lowest BCUT2D eigenvalue weighted by Crippen LogP contribution is -2.62. The molecular formula is C24H25N7O. The lowest BCUT2D eigenvalue weighted by molar-refractivity contribution is -0.0884. The fourth-order valence-corrected chi connectivity index (χ4v) is 5.33. The van der Waals surface area contributed by atoms with Crippen molar-refractivity contribution in [3.05, 3.63) is 52.4 Å². The highest BCUT2D eigenvalue weighted by Gasteiger charge is 2.59. The van der Waals surface area contributed by atoms with Gasteiger partial charge in [0.1, 0.15) is 17.3 Å². The quantitative estimate of drug-likeness (QED) is 0.685. The zero-order valence-electron chi connectivity index (χ0n) is 18.1. The van der Waals surface area contributed by atoms with E-state index in [2.05, 4.69) is 39.3 Å². The molecule has 1 saturated heterocycles. The van der Waals surface area contributed by atoms with Crippen LogP contribution in [0.25, 0.3) is 11.0 Å². The highest BCUT2D eigenvalue weighted by molar-refractivity contribution is 5.78. The molecule has 8 heteroatoms. The van der Waals surface area contributed by atoms with Gasteiger partial charge >= 0.3 is 0 Å². The molecule has 0 radical (unpaired) electrons. The van der Waals surface area contributed by atoms with Gasteiger partial charge in [0.15, 0.2) is 0 Å². The number of hydrogen-bond acceptors (Lipinski definition) is 7. The van der Waals surface area contributed by atoms with Gasteiger partial charge in [0, 0.05) is 49.1 Å². The highest BCUT2D eigenvalue weighted by atomic mass is 16.1. The summed E-state index contributed by atoms with van der Waals surface area (Å²) in [6, 6.07) is 12.0. The second-order valence-corrected chi connectivity index (χ2v) is 9.45. The van der Waals surface area contributed by atoms with Gasteiger partial charge in [-0.3, -0.25) is 9.36 Å². The van der Waals surface area contributed by atoms with Crippen LogP contribution < -0.4 is 15.8 Å². The van der Waals surface area contributed by atoms with Gasteiger partial charge in [0.05, 0.1) is 5.54 Å². The SMILES string of the molecule is CN1CCN(c2ccc(Nc3ncc4cc(C#N)c(=O)n(C56CC(C5)C6)c4n3)cc2)CC1. The summed E-state index contributed by atoms with van der Waals surface area (Å²) >= 11 is 0. The second-order valence-electron chi connectivity index (χ2n) is 9.45. The number of likely N-dealkylation sites (N-methyl/N-ethyl adjacent to an activating group) is 1. The van der Waals surface area contributed by atoms with E-state index in [0.29, 0.717) is 17.5 Å². The summed E-state index contributed by atoms with van der Waals surface area (Å²) in [6.07, 6.45) is 4.69. The molecule has 4 aliphatic rings. The van der Waals surface area contributed by atoms with Crippen LogP contribution in [0.3, 0.4) is 0 Å². The van der Waals surface area contributed by atoms with Gasteiger partial charge in [-0.1, -0.05) is 0 Å². The summed E-state index contributed by atoms with van der Waals surface area (Å²) in [7, 11) is 2.16. The predicted molar refractivity (Wildman–Crippen MR) is 123 cm³/mol. The van der Waals surface area contributed by atoms with E-state index in [0.717, 1.165) is 56.5 Å². The van der Waals surface area contributed by atoms with Crippen molar-refractivity contribution in [2.24, 2.45) is 5.92 Å². The maximum atomic E-state index is 13.0. The number of benzene rings is 1. The molecule has 2 aromatic heterocycles. The topological polar surface area (TPSA) is 90.1 Å². The van der Waals surface area contributed by atoms with Crippen molar-refractivity contribution >= 4 is 28.4 Å². The number of nitrogens with one attached hydrogen (secondary N) is 1. The number of nitrogens with zero attached hydrogens (tertiary/aromatic N) is 6. The summed E-state index contributed by atoms with van der Waals surface area (Å²) in [5.74, 6) is 1.16. The lowest BCUT2D eigenvalue weighted by atomic mass is 9.49. The van der Waals surface area contributed by atoms with Gasteiger partial charge in [-0.05, 0) is 62.6 Å². The molecule has 0 unspecified atom stereocenters. The zero-order valence-corrected chi connectivity index (χ0v) is 18.1. The van der Waals surface area contributed by atoms with E-state index in [1.807, 2.05) is 18.2 Å². The van der Waals surface area contributed by atoms with Gasteiger partial charge in [0.25, 0.3) is 5.56 Å². The van der Waals surface area contributed by atoms with Crippen molar-refractivity contribution in [2.45, 2.75) is 24.8 Å². The Bertz CT molecular complexity index is 1280. The van der Waals surface area contributed by atoms with E-state index in [1.54, 1.807) is 16.8 Å². The van der Waals surface area contributed by atoms with Crippen LogP contribution in [-0.2, 0) is 5.54 Å². The number of nitriles is 1. The lowest BCUT2D eigenvalue weighted by Gasteiger charge is -2.62. The van der Waals surface area contributed by atoms with Crippen LogP contribution in [0, 0.1) is 17.2 Å². The fraction of sp³-hybridized carbons (Fsp3) is 0.417. The molecule has 3 aromatic rings. The van der Waals surface area contributed by atoms with E-state index < -0.39 is 0 Å². The molecule has 3 saturated carbocycles. The molecule has 0 spiro atoms. The van der Waals surface area contributed by atoms with Crippen molar-refractivity contribution < 1.29 is 0 Å². The third-order valence-electron chi connectivity index (χ3n) is 7.33. The molecule has 7 rings (SSSR count). The van der Waals surface area contributed by atoms with E-state index in [1.165, 1.54) is 5.69 Å². The Labute approximate surface area is 186 Å². The first-order valence-electron chi connectivity index (χ1n) is 11.2. The molecule has 4 fully saturated rings. The van der Waals surface area contributed by atoms with Crippen molar-refractivity contribution in [3.8, 4) is 6.07 Å². The summed E-state index contributed by atoms with van der Waals surface area (Å²) < 4.78 is 1.77. The maximum Gasteiger partial charge on any atom is 0.270 e. The normalized spacial score (nSPS) is 24.5. The molecule has 0 atom stereocenters. The van der Waals surface area contributed by atoms with Gasteiger partial charge in [-0.15, -0.1) is 0 Å². The number of rotatable bonds is 4. The molecule has 32 heavy (non-hydrogen) atoms. The van der Waals surface area contributed by atoms with Crippen LogP contribution in [0.1, 0.15) is 24.8 Å². The van der Waals surface area contributed by atoms with Crippen LogP contribution in [0.4, 0.5) is 17.3 Å². The van der Waals surface area contributed by atoms with Crippen LogP contribution >= 0.6 is 0 Å². The standard InChI is InChI=1S/C24H25N7O/c1-29-6-8-30(9-7-29)20-4-2-19(3-5-20)27-23-26-15-18-10-17(14-25)22(32)31(21(18)28-23)24-11-16(12-24)13-24/h2-5,10,15-16H,6-9,11-13H2,1H3,(H,26,27,28). The summed E-state index contributed by atoms with van der Waals surface area (Å²) in [5.41, 5.74) is 2.48. The first-order valence-corrected chi connectivity index (χ1v) is 11.2. The monoisotopic (exact) mass is 427 g/mol. The number of fused-ring (bicyclic) bond motifs is 1. The molecule has 8 nitrogen and oxygen atoms in total. The Morgan fingerprint density at radius 2 is 1.84 bits per heavy atom. The van der Waals surface area contributed by atoms with Crippen molar-refractivity contribution in [1.82, 2.24) is 19.4 Å². The summed E-state index contributed by atoms with van der Waals surface area (Å²) in [6.45, 7) is 4.20. The number of anilines is 3. The number of piperazine rings is 1. The summed E-state index contributed by atoms with van der Waals surface area (Å²) in [4.78, 5) is 26.9. The molecule has 162 valence electrons. The highest BCUT2D eigenvalue weighted by Crippen LogP contribution is 2.62. The Kier molecular flexibility index (Phi) is 4.24. The minimum Gasteiger partial charge on any atom is -0.369 e. The largest absolute Gasteiger partial charge is 0.369 e. The van der Waals surface area contributed by atoms with Crippen LogP contribution in [-0.4, -0.2) is 52.7 Å². The third kappa shape index (κ3) is 2.96. The van der Waals surface area contributed by atoms with E-state index >= 15 is 0 Å². The number of hydrogen-bond donors (Lipinski definition) is 1. The number of aromatic nitrogens is 3. The smallest absolute Gasteiger partial charge is 0.270 e. The number of pyridine rings is 1. The van der Waals surface area contributed by atoms with Crippen molar-refractivity contribution in [2.75, 3.05) is 43.4 Å². The minimum absolute atomic E-state index is 0.158. The Balaban J connectivity index is 1.30. The Morgan fingerprint density at radius 1 is 1.12 bits per heavy atom. The van der Waals surface area contributed by atoms with Gasteiger partial charge in [-0.2, -0.15) is 10.2 Å². The van der Waals surface area contributed by atoms with Gasteiger partial charge in [0.2, 0.25) is 5.95 Å². The van der Waals surface area contributed by atoms with Crippen molar-refractivity contribution in [1.29, 1.82) is 5.26 Å². The van der Waals surface area contributed by atoms with E-state index in [-0.39, 0.29) is 16.7 Å². The molecule has 0 amide bonds. The molecular weight excluding hydrogens is 402 g/mol. The molecule has 2 bridgehead atoms. The predicted octanol–water partition coefficient (Wildman–Crippen LogP) is 2.67. The molecule has 1 aliphatic heterocycles. The fourth-order valence-electron chi connectivity index (χ4n) is 5.33. The van der Waals surface area contributed by atoms with Crippen LogP contribution in [0.5, 0.6) is 0 Å². The molecule has 3 aliphatic carbocycles. The maximum absolute atomic E-state index is 13.0. The third-order valence-corrected chi connectivity index (χ3v) is 7.33. The van der Waals surface area contributed by atoms with Crippen molar-refractivity contribution in [3.63, 3.8) is 0 Å². The van der Waals surface area contributed by atoms with Gasteiger partial charge in [-0.25, -0.2) is 4.98 Å².